The summed E-state index contributed by atoms with van der Waals surface area (Å²) in [6.07, 6.45) is -18.2. The molecule has 0 unspecified atom stereocenters. The predicted molar refractivity (Wildman–Crippen MR) is 112 cm³/mol. The van der Waals surface area contributed by atoms with Crippen molar-refractivity contribution in [1.29, 1.82) is 0 Å². The van der Waals surface area contributed by atoms with Crippen molar-refractivity contribution in [2.45, 2.75) is 106 Å². The molecule has 0 saturated carbocycles. The average Bonchev–Trinajstić information content (AvgIpc) is 2.86. The molecule has 0 spiro atoms. The first kappa shape index (κ1) is 29.0. The summed E-state index contributed by atoms with van der Waals surface area (Å²) < 4.78 is 33.0. The predicted octanol–water partition coefficient (Wildman–Crippen LogP) is -4.23. The van der Waals surface area contributed by atoms with Crippen LogP contribution in [0.15, 0.2) is 0 Å². The van der Waals surface area contributed by atoms with Gasteiger partial charge < -0.3 is 69.3 Å². The van der Waals surface area contributed by atoms with E-state index in [9.17, 15) is 40.9 Å². The molecule has 3 aliphatic heterocycles. The Labute approximate surface area is 202 Å². The van der Waals surface area contributed by atoms with Gasteiger partial charge in [-0.3, -0.25) is 0 Å². The summed E-state index contributed by atoms with van der Waals surface area (Å²) in [7, 11) is 1.24. The van der Waals surface area contributed by atoms with Crippen LogP contribution < -0.4 is 0 Å². The zero-order chi connectivity index (χ0) is 26.0. The molecule has 35 heavy (non-hydrogen) atoms. The maximum atomic E-state index is 10.8. The van der Waals surface area contributed by atoms with E-state index in [0.717, 1.165) is 0 Å². The first-order valence-corrected chi connectivity index (χ1v) is 11.7. The first-order chi connectivity index (χ1) is 16.6. The van der Waals surface area contributed by atoms with E-state index in [1.54, 1.807) is 13.8 Å². The summed E-state index contributed by atoms with van der Waals surface area (Å²) in [5, 5.41) is 82.1. The average molecular weight is 515 g/mol. The van der Waals surface area contributed by atoms with E-state index >= 15 is 0 Å². The van der Waals surface area contributed by atoms with Gasteiger partial charge in [-0.05, 0) is 6.42 Å². The minimum absolute atomic E-state index is 0.379. The van der Waals surface area contributed by atoms with Gasteiger partial charge in [-0.2, -0.15) is 0 Å². The zero-order valence-electron chi connectivity index (χ0n) is 19.8. The fourth-order valence-corrected chi connectivity index (χ4v) is 4.62. The molecule has 0 radical (unpaired) electrons. The summed E-state index contributed by atoms with van der Waals surface area (Å²) in [4.78, 5) is 0. The number of aliphatic hydroxyl groups excluding tert-OH is 8. The second-order valence-electron chi connectivity index (χ2n) is 9.14. The Balaban J connectivity index is 1.72. The van der Waals surface area contributed by atoms with Crippen LogP contribution in [-0.4, -0.2) is 147 Å². The van der Waals surface area contributed by atoms with Crippen LogP contribution in [0.1, 0.15) is 20.3 Å². The minimum Gasteiger partial charge on any atom is -0.394 e. The van der Waals surface area contributed by atoms with Gasteiger partial charge in [-0.25, -0.2) is 0 Å². The van der Waals surface area contributed by atoms with Gasteiger partial charge in [0, 0.05) is 13.0 Å². The molecule has 0 aromatic carbocycles. The maximum Gasteiger partial charge on any atom is 0.187 e. The fourth-order valence-electron chi connectivity index (χ4n) is 4.62. The summed E-state index contributed by atoms with van der Waals surface area (Å²) in [6.45, 7) is 2.04. The Bertz CT molecular complexity index is 650. The van der Waals surface area contributed by atoms with Gasteiger partial charge in [0.25, 0.3) is 0 Å². The number of hydrogen-bond acceptors (Lipinski definition) is 14. The third-order valence-electron chi connectivity index (χ3n) is 6.87. The molecule has 3 aliphatic rings. The molecule has 0 aromatic rings. The Morgan fingerprint density at radius 2 is 1.06 bits per heavy atom. The molecular formula is C21H38O14. The summed E-state index contributed by atoms with van der Waals surface area (Å²) >= 11 is 0. The van der Waals surface area contributed by atoms with Crippen molar-refractivity contribution in [3.05, 3.63) is 0 Å². The van der Waals surface area contributed by atoms with Gasteiger partial charge in [0.1, 0.15) is 54.9 Å². The van der Waals surface area contributed by atoms with Crippen molar-refractivity contribution in [3.8, 4) is 0 Å². The number of hydrogen-bond donors (Lipinski definition) is 8. The number of rotatable bonds is 8. The van der Waals surface area contributed by atoms with E-state index in [4.69, 9.17) is 28.4 Å². The number of ether oxygens (including phenoxy) is 6. The van der Waals surface area contributed by atoms with Gasteiger partial charge in [-0.1, -0.05) is 13.8 Å². The quantitative estimate of drug-likeness (QED) is 0.154. The second kappa shape index (κ2) is 12.3. The molecule has 3 fully saturated rings. The molecule has 15 atom stereocenters. The van der Waals surface area contributed by atoms with Crippen molar-refractivity contribution < 1.29 is 69.3 Å². The third kappa shape index (κ3) is 5.81. The van der Waals surface area contributed by atoms with Crippen LogP contribution in [-0.2, 0) is 28.4 Å². The molecule has 14 heteroatoms. The molecule has 0 amide bonds. The lowest BCUT2D eigenvalue weighted by molar-refractivity contribution is -0.374. The molecule has 3 saturated heterocycles. The van der Waals surface area contributed by atoms with Crippen LogP contribution in [0.5, 0.6) is 0 Å². The van der Waals surface area contributed by atoms with Gasteiger partial charge in [0.2, 0.25) is 0 Å². The van der Waals surface area contributed by atoms with E-state index in [2.05, 4.69) is 0 Å². The van der Waals surface area contributed by atoms with E-state index < -0.39 is 105 Å². The molecule has 0 bridgehead atoms. The Hall–Kier alpha value is -0.560. The SMILES string of the molecule is CC[C@H]1O[C@@H](O[C@H]2[C@H](O)[C@@H](O)[C@H](O[C@H]3[C@H](O)[C@@H](O)[C@H](OC)O[C@@H]3CO)O[C@@H]2CO)[C@H](C)[C@@H](O)[C@H]1O. The maximum absolute atomic E-state index is 10.8. The lowest BCUT2D eigenvalue weighted by Gasteiger charge is -2.48. The Morgan fingerprint density at radius 3 is 1.54 bits per heavy atom. The normalized spacial score (nSPS) is 51.3. The van der Waals surface area contributed by atoms with Crippen molar-refractivity contribution in [1.82, 2.24) is 0 Å². The Morgan fingerprint density at radius 1 is 0.600 bits per heavy atom. The summed E-state index contributed by atoms with van der Waals surface area (Å²) in [5.41, 5.74) is 0. The molecule has 8 N–H and O–H groups in total. The van der Waals surface area contributed by atoms with Crippen LogP contribution in [0.3, 0.4) is 0 Å². The van der Waals surface area contributed by atoms with Crippen LogP contribution in [0.4, 0.5) is 0 Å². The standard InChI is InChI=1S/C21H38O14/c1-4-8-12(25)11(24)7(2)19(31-8)34-17-10(6-23)33-21(16(29)14(17)27)35-18-9(5-22)32-20(30-3)15(28)13(18)26/h7-29H,4-6H2,1-3H3/t7-,8-,9-,10-,11-,12+,13-,14-,15-,16-,17-,18-,19+,20-,21+/m1/s1. The lowest BCUT2D eigenvalue weighted by atomic mass is 9.91. The minimum atomic E-state index is -1.75. The molecule has 206 valence electrons. The van der Waals surface area contributed by atoms with Crippen molar-refractivity contribution >= 4 is 0 Å². The monoisotopic (exact) mass is 514 g/mol. The molecule has 3 rings (SSSR count). The molecule has 14 nitrogen and oxygen atoms in total. The van der Waals surface area contributed by atoms with Crippen LogP contribution >= 0.6 is 0 Å². The molecule has 0 aromatic heterocycles. The third-order valence-corrected chi connectivity index (χ3v) is 6.87. The summed E-state index contributed by atoms with van der Waals surface area (Å²) in [5.74, 6) is -0.708. The van der Waals surface area contributed by atoms with Crippen molar-refractivity contribution in [3.63, 3.8) is 0 Å². The topological polar surface area (TPSA) is 217 Å². The Kier molecular flexibility index (Phi) is 10.2. The highest BCUT2D eigenvalue weighted by molar-refractivity contribution is 4.95. The number of aliphatic hydroxyl groups is 8. The molecule has 0 aliphatic carbocycles. The largest absolute Gasteiger partial charge is 0.394 e. The lowest BCUT2D eigenvalue weighted by Crippen LogP contribution is -2.66. The number of methoxy groups -OCH3 is 1. The van der Waals surface area contributed by atoms with Crippen LogP contribution in [0.2, 0.25) is 0 Å². The van der Waals surface area contributed by atoms with Crippen LogP contribution in [0.25, 0.3) is 0 Å². The second-order valence-corrected chi connectivity index (χ2v) is 9.14. The van der Waals surface area contributed by atoms with E-state index in [0.29, 0.717) is 6.42 Å². The van der Waals surface area contributed by atoms with E-state index in [-0.39, 0.29) is 0 Å². The van der Waals surface area contributed by atoms with Crippen molar-refractivity contribution in [2.24, 2.45) is 5.92 Å². The van der Waals surface area contributed by atoms with Gasteiger partial charge >= 0.3 is 0 Å². The van der Waals surface area contributed by atoms with Gasteiger partial charge in [-0.15, -0.1) is 0 Å². The smallest absolute Gasteiger partial charge is 0.187 e. The van der Waals surface area contributed by atoms with Crippen LogP contribution in [0, 0.1) is 5.92 Å². The zero-order valence-corrected chi connectivity index (χ0v) is 19.8. The first-order valence-electron chi connectivity index (χ1n) is 11.7. The highest BCUT2D eigenvalue weighted by atomic mass is 16.8. The highest BCUT2D eigenvalue weighted by Crippen LogP contribution is 2.34. The summed E-state index contributed by atoms with van der Waals surface area (Å²) in [6, 6.07) is 0. The fraction of sp³-hybridized carbons (Fsp3) is 1.00. The van der Waals surface area contributed by atoms with E-state index in [1.807, 2.05) is 0 Å². The van der Waals surface area contributed by atoms with E-state index in [1.165, 1.54) is 7.11 Å². The van der Waals surface area contributed by atoms with Gasteiger partial charge in [0.15, 0.2) is 18.9 Å². The molecular weight excluding hydrogens is 476 g/mol. The highest BCUT2D eigenvalue weighted by Gasteiger charge is 2.52. The van der Waals surface area contributed by atoms with Crippen molar-refractivity contribution in [2.75, 3.05) is 20.3 Å². The molecule has 3 heterocycles. The van der Waals surface area contributed by atoms with Gasteiger partial charge in [0.05, 0.1) is 25.4 Å².